The van der Waals surface area contributed by atoms with Gasteiger partial charge in [0.1, 0.15) is 11.4 Å². The summed E-state index contributed by atoms with van der Waals surface area (Å²) < 4.78 is 16.3. The van der Waals surface area contributed by atoms with Gasteiger partial charge in [-0.15, -0.1) is 0 Å². The van der Waals surface area contributed by atoms with Crippen LogP contribution >= 0.6 is 28.0 Å². The summed E-state index contributed by atoms with van der Waals surface area (Å²) in [6.45, 7) is 12.3. The molecule has 0 aromatic rings. The van der Waals surface area contributed by atoms with Gasteiger partial charge in [-0.25, -0.2) is 0 Å². The number of hydrogen-bond donors (Lipinski definition) is 0. The molecular formula is C14H29BrO4SSi. The molecule has 0 aliphatic rings. The maximum atomic E-state index is 11.2. The molecule has 0 radical (unpaired) electrons. The van der Waals surface area contributed by atoms with Gasteiger partial charge in [0.15, 0.2) is 0 Å². The molecule has 7 heteroatoms. The lowest BCUT2D eigenvalue weighted by molar-refractivity contribution is -0.144. The molecule has 0 bridgehead atoms. The molecule has 0 saturated heterocycles. The highest BCUT2D eigenvalue weighted by Gasteiger charge is 2.39. The quantitative estimate of drug-likeness (QED) is 0.172. The van der Waals surface area contributed by atoms with Crippen molar-refractivity contribution in [3.05, 3.63) is 0 Å². The van der Waals surface area contributed by atoms with E-state index in [9.17, 15) is 4.79 Å². The molecule has 1 unspecified atom stereocenters. The van der Waals surface area contributed by atoms with Crippen LogP contribution in [-0.4, -0.2) is 50.2 Å². The molecule has 0 spiro atoms. The molecule has 0 fully saturated rings. The molecule has 0 aromatic carbocycles. The number of rotatable bonds is 11. The van der Waals surface area contributed by atoms with E-state index < -0.39 is 8.07 Å². The van der Waals surface area contributed by atoms with E-state index in [-0.39, 0.29) is 16.0 Å². The summed E-state index contributed by atoms with van der Waals surface area (Å²) in [6, 6.07) is 1.15. The van der Waals surface area contributed by atoms with Crippen molar-refractivity contribution in [3.63, 3.8) is 0 Å². The Balaban J connectivity index is 3.78. The van der Waals surface area contributed by atoms with Crippen LogP contribution in [0, 0.1) is 0 Å². The topological polar surface area (TPSA) is 44.8 Å². The highest BCUT2D eigenvalue weighted by atomic mass is 79.9. The molecule has 0 rings (SSSR count). The zero-order valence-corrected chi connectivity index (χ0v) is 17.4. The predicted molar refractivity (Wildman–Crippen MR) is 95.8 cm³/mol. The van der Waals surface area contributed by atoms with Crippen LogP contribution in [0.4, 0.5) is 0 Å². The fourth-order valence-corrected chi connectivity index (χ4v) is 4.99. The summed E-state index contributed by atoms with van der Waals surface area (Å²) in [5, 5.41) is -0.0477. The zero-order valence-electron chi connectivity index (χ0n) is 14.0. The van der Waals surface area contributed by atoms with E-state index in [1.54, 1.807) is 6.92 Å². The van der Waals surface area contributed by atoms with Crippen molar-refractivity contribution in [1.82, 2.24) is 0 Å². The Bertz CT molecular complexity index is 311. The van der Waals surface area contributed by atoms with Crippen molar-refractivity contribution in [1.29, 1.82) is 0 Å². The molecule has 0 saturated carbocycles. The highest BCUT2D eigenvalue weighted by Crippen LogP contribution is 2.31. The molecule has 0 aliphatic carbocycles. The third kappa shape index (κ3) is 8.59. The van der Waals surface area contributed by atoms with Crippen LogP contribution in [0.2, 0.25) is 19.1 Å². The minimum absolute atomic E-state index is 0.0477. The second kappa shape index (κ2) is 10.3. The van der Waals surface area contributed by atoms with Gasteiger partial charge in [0.25, 0.3) is 0 Å². The Hall–Kier alpha value is 0.437. The van der Waals surface area contributed by atoms with Crippen LogP contribution in [0.25, 0.3) is 0 Å². The van der Waals surface area contributed by atoms with Gasteiger partial charge >= 0.3 is 5.97 Å². The van der Waals surface area contributed by atoms with E-state index in [1.807, 2.05) is 6.26 Å². The van der Waals surface area contributed by atoms with Crippen molar-refractivity contribution >= 4 is 42.0 Å². The monoisotopic (exact) mass is 400 g/mol. The average Bonchev–Trinajstić information content (AvgIpc) is 2.36. The Labute approximate surface area is 143 Å². The number of alkyl halides is 1. The summed E-state index contributed by atoms with van der Waals surface area (Å²) in [7, 11) is -1.47. The summed E-state index contributed by atoms with van der Waals surface area (Å²) in [6.07, 6.45) is 2.98. The minimum Gasteiger partial charge on any atom is -0.462 e. The number of halogens is 1. The summed E-state index contributed by atoms with van der Waals surface area (Å²) >= 11 is 4.60. The lowest BCUT2D eigenvalue weighted by atomic mass is 10.5. The molecule has 0 aromatic heterocycles. The van der Waals surface area contributed by atoms with Crippen LogP contribution in [0.15, 0.2) is 0 Å². The molecule has 0 heterocycles. The first-order valence-corrected chi connectivity index (χ1v) is 12.5. The lowest BCUT2D eigenvalue weighted by Gasteiger charge is -2.38. The summed E-state index contributed by atoms with van der Waals surface area (Å²) in [5.41, 5.74) is 0. The first-order valence-electron chi connectivity index (χ1n) is 7.24. The van der Waals surface area contributed by atoms with Crippen LogP contribution in [-0.2, 0) is 18.5 Å². The average molecular weight is 401 g/mol. The minimum atomic E-state index is -1.47. The van der Waals surface area contributed by atoms with Gasteiger partial charge in [-0.1, -0.05) is 35.1 Å². The Morgan fingerprint density at radius 3 is 2.43 bits per heavy atom. The molecule has 0 aliphatic heterocycles. The maximum absolute atomic E-state index is 11.2. The van der Waals surface area contributed by atoms with E-state index in [2.05, 4.69) is 42.9 Å². The highest BCUT2D eigenvalue weighted by molar-refractivity contribution is 9.10. The van der Waals surface area contributed by atoms with E-state index >= 15 is 0 Å². The standard InChI is InChI=1S/C14H29BrO4SSi/c1-12(15)13(16)18-10-9-17-8-7-11-21(5,6)14(2,3)19-20-4/h12H,7-11H2,1-6H3. The lowest BCUT2D eigenvalue weighted by Crippen LogP contribution is -2.50. The fourth-order valence-electron chi connectivity index (χ4n) is 1.66. The number of ether oxygens (including phenoxy) is 2. The van der Waals surface area contributed by atoms with Gasteiger partial charge in [-0.3, -0.25) is 4.79 Å². The largest absolute Gasteiger partial charge is 0.462 e. The van der Waals surface area contributed by atoms with Crippen molar-refractivity contribution in [2.75, 3.05) is 26.1 Å². The first kappa shape index (κ1) is 21.4. The number of hydrogen-bond acceptors (Lipinski definition) is 5. The van der Waals surface area contributed by atoms with Gasteiger partial charge in [-0.05, 0) is 39.2 Å². The second-order valence-corrected chi connectivity index (χ2v) is 13.5. The maximum Gasteiger partial charge on any atom is 0.319 e. The second-order valence-electron chi connectivity index (χ2n) is 6.14. The summed E-state index contributed by atoms with van der Waals surface area (Å²) in [5.74, 6) is -0.247. The van der Waals surface area contributed by atoms with E-state index in [0.29, 0.717) is 19.8 Å². The SMILES string of the molecule is CSOC(C)(C)[Si](C)(C)CCCOCCOC(=O)C(C)Br. The van der Waals surface area contributed by atoms with Crippen LogP contribution in [0.5, 0.6) is 0 Å². The van der Waals surface area contributed by atoms with Gasteiger partial charge in [0, 0.05) is 12.9 Å². The fraction of sp³-hybridized carbons (Fsp3) is 0.929. The van der Waals surface area contributed by atoms with Crippen molar-refractivity contribution in [3.8, 4) is 0 Å². The van der Waals surface area contributed by atoms with Gasteiger partial charge in [0.2, 0.25) is 0 Å². The molecular weight excluding hydrogens is 372 g/mol. The predicted octanol–water partition coefficient (Wildman–Crippen LogP) is 4.04. The third-order valence-electron chi connectivity index (χ3n) is 3.81. The Kier molecular flexibility index (Phi) is 10.5. The number of carbonyl (C=O) groups excluding carboxylic acids is 1. The molecule has 1 atom stereocenters. The molecule has 0 amide bonds. The van der Waals surface area contributed by atoms with Crippen molar-refractivity contribution in [2.24, 2.45) is 0 Å². The van der Waals surface area contributed by atoms with Gasteiger partial charge in [0.05, 0.1) is 19.9 Å². The van der Waals surface area contributed by atoms with Crippen LogP contribution < -0.4 is 0 Å². The van der Waals surface area contributed by atoms with Gasteiger partial charge in [-0.2, -0.15) is 0 Å². The van der Waals surface area contributed by atoms with E-state index in [0.717, 1.165) is 12.5 Å². The van der Waals surface area contributed by atoms with E-state index in [1.165, 1.54) is 12.0 Å². The molecule has 21 heavy (non-hydrogen) atoms. The zero-order chi connectivity index (χ0) is 16.5. The van der Waals surface area contributed by atoms with Crippen molar-refractivity contribution in [2.45, 2.75) is 56.4 Å². The van der Waals surface area contributed by atoms with Crippen LogP contribution in [0.3, 0.4) is 0 Å². The first-order chi connectivity index (χ1) is 9.64. The Morgan fingerprint density at radius 2 is 1.90 bits per heavy atom. The molecule has 126 valence electrons. The molecule has 4 nitrogen and oxygen atoms in total. The van der Waals surface area contributed by atoms with E-state index in [4.69, 9.17) is 13.7 Å². The molecule has 0 N–H and O–H groups in total. The number of esters is 1. The normalized spacial score (nSPS) is 14.0. The van der Waals surface area contributed by atoms with Crippen LogP contribution in [0.1, 0.15) is 27.2 Å². The smallest absolute Gasteiger partial charge is 0.319 e. The third-order valence-corrected chi connectivity index (χ3v) is 9.88. The Morgan fingerprint density at radius 1 is 1.29 bits per heavy atom. The summed E-state index contributed by atoms with van der Waals surface area (Å²) in [4.78, 5) is 10.9. The van der Waals surface area contributed by atoms with Gasteiger partial charge < -0.3 is 13.7 Å². The number of carbonyl (C=O) groups is 1. The van der Waals surface area contributed by atoms with Crippen molar-refractivity contribution < 1.29 is 18.5 Å².